The molecule has 1 aromatic heterocycles. The Bertz CT molecular complexity index is 1070. The van der Waals surface area contributed by atoms with Gasteiger partial charge in [-0.05, 0) is 43.9 Å². The molecule has 180 valence electrons. The molecule has 1 saturated carbocycles. The number of benzene rings is 1. The normalized spacial score (nSPS) is 20.8. The third-order valence-electron chi connectivity index (χ3n) is 5.57. The lowest BCUT2D eigenvalue weighted by atomic mass is 9.74. The van der Waals surface area contributed by atoms with E-state index in [-0.39, 0.29) is 18.1 Å². The fraction of sp³-hybridized carbons (Fsp3) is 0.375. The number of ether oxygens (including phenoxy) is 2. The highest BCUT2D eigenvalue weighted by Crippen LogP contribution is 2.44. The van der Waals surface area contributed by atoms with Gasteiger partial charge < -0.3 is 24.8 Å². The number of rotatable bonds is 6. The van der Waals surface area contributed by atoms with Crippen LogP contribution >= 0.6 is 0 Å². The Balaban J connectivity index is 0.000000350. The standard InChI is InChI=1S/C20H23N3O3.C4H4O4/c1-3-26-19-7-14-15-6-13(24)4-5-17(15)23-20(12-9-21-11-22-10-12)16(14)8-18(19)25-2;5-3(6)1-2-4(7)8/h7-11,13,15,17,24H,3-6H2,1-2H3;1-2H,(H,5,6)(H,7,8)/t13-,15-,17-;/m1./s1. The number of hydrogen-bond acceptors (Lipinski definition) is 8. The molecule has 1 aromatic carbocycles. The van der Waals surface area contributed by atoms with E-state index in [4.69, 9.17) is 24.7 Å². The summed E-state index contributed by atoms with van der Waals surface area (Å²) in [7, 11) is 1.64. The number of carboxylic acids is 2. The maximum absolute atomic E-state index is 10.2. The van der Waals surface area contributed by atoms with Crippen LogP contribution in [0.5, 0.6) is 11.5 Å². The highest BCUT2D eigenvalue weighted by molar-refractivity contribution is 6.14. The number of hydrogen-bond donors (Lipinski definition) is 3. The van der Waals surface area contributed by atoms with Gasteiger partial charge in [0, 0.05) is 41.6 Å². The van der Waals surface area contributed by atoms with Gasteiger partial charge in [0.25, 0.3) is 0 Å². The van der Waals surface area contributed by atoms with Crippen molar-refractivity contribution in [1.29, 1.82) is 0 Å². The number of aromatic nitrogens is 2. The van der Waals surface area contributed by atoms with Crippen LogP contribution in [0.4, 0.5) is 0 Å². The monoisotopic (exact) mass is 469 g/mol. The van der Waals surface area contributed by atoms with Crippen LogP contribution < -0.4 is 9.47 Å². The molecule has 0 amide bonds. The van der Waals surface area contributed by atoms with Gasteiger partial charge in [0.05, 0.1) is 31.6 Å². The summed E-state index contributed by atoms with van der Waals surface area (Å²) in [5.74, 6) is -0.907. The second kappa shape index (κ2) is 11.4. The molecule has 34 heavy (non-hydrogen) atoms. The molecule has 4 rings (SSSR count). The van der Waals surface area contributed by atoms with Crippen molar-refractivity contribution in [3.63, 3.8) is 0 Å². The molecule has 2 aliphatic rings. The summed E-state index contributed by atoms with van der Waals surface area (Å²) < 4.78 is 11.3. The van der Waals surface area contributed by atoms with Gasteiger partial charge in [0.2, 0.25) is 0 Å². The number of aliphatic carboxylic acids is 2. The number of aliphatic hydroxyl groups excluding tert-OH is 1. The molecule has 0 saturated heterocycles. The Hall–Kier alpha value is -3.79. The van der Waals surface area contributed by atoms with Gasteiger partial charge in [0.15, 0.2) is 11.5 Å². The average molecular weight is 469 g/mol. The van der Waals surface area contributed by atoms with Crippen molar-refractivity contribution in [3.8, 4) is 11.5 Å². The molecule has 0 spiro atoms. The lowest BCUT2D eigenvalue weighted by Crippen LogP contribution is -2.34. The SMILES string of the molecule is CCOc1cc2c(cc1OC)C(c1cncnc1)=N[C@@H]1CC[C@@H](O)C[C@H]21.O=C(O)C=CC(=O)O. The van der Waals surface area contributed by atoms with Gasteiger partial charge in [-0.15, -0.1) is 0 Å². The van der Waals surface area contributed by atoms with Crippen molar-refractivity contribution in [2.45, 2.75) is 44.2 Å². The van der Waals surface area contributed by atoms with Gasteiger partial charge in [-0.25, -0.2) is 19.6 Å². The van der Waals surface area contributed by atoms with Gasteiger partial charge in [-0.3, -0.25) is 4.99 Å². The molecule has 0 radical (unpaired) electrons. The minimum absolute atomic E-state index is 0.156. The Morgan fingerprint density at radius 3 is 2.35 bits per heavy atom. The van der Waals surface area contributed by atoms with Crippen LogP contribution in [0.25, 0.3) is 0 Å². The first-order valence-electron chi connectivity index (χ1n) is 10.8. The highest BCUT2D eigenvalue weighted by atomic mass is 16.5. The predicted octanol–water partition coefficient (Wildman–Crippen LogP) is 2.44. The first kappa shape index (κ1) is 24.8. The number of fused-ring (bicyclic) bond motifs is 3. The van der Waals surface area contributed by atoms with E-state index in [0.29, 0.717) is 24.5 Å². The Kier molecular flexibility index (Phi) is 8.31. The van der Waals surface area contributed by atoms with Gasteiger partial charge >= 0.3 is 11.9 Å². The maximum Gasteiger partial charge on any atom is 0.328 e. The number of nitrogens with zero attached hydrogens (tertiary/aromatic N) is 3. The number of aliphatic imine (C=N–C) groups is 1. The van der Waals surface area contributed by atoms with E-state index in [1.807, 2.05) is 13.0 Å². The third-order valence-corrected chi connectivity index (χ3v) is 5.57. The summed E-state index contributed by atoms with van der Waals surface area (Å²) in [6.45, 7) is 2.53. The van der Waals surface area contributed by atoms with Gasteiger partial charge in [0.1, 0.15) is 6.33 Å². The molecular formula is C24H27N3O7. The third kappa shape index (κ3) is 5.96. The largest absolute Gasteiger partial charge is 0.493 e. The highest BCUT2D eigenvalue weighted by Gasteiger charge is 2.37. The number of methoxy groups -OCH3 is 1. The fourth-order valence-corrected chi connectivity index (χ4v) is 4.17. The summed E-state index contributed by atoms with van der Waals surface area (Å²) >= 11 is 0. The molecule has 2 aromatic rings. The molecule has 3 atom stereocenters. The van der Waals surface area contributed by atoms with E-state index in [1.165, 1.54) is 6.33 Å². The quantitative estimate of drug-likeness (QED) is 0.542. The predicted molar refractivity (Wildman–Crippen MR) is 123 cm³/mol. The summed E-state index contributed by atoms with van der Waals surface area (Å²) in [5, 5.41) is 25.8. The van der Waals surface area contributed by atoms with E-state index >= 15 is 0 Å². The van der Waals surface area contributed by atoms with Crippen LogP contribution in [0.3, 0.4) is 0 Å². The van der Waals surface area contributed by atoms with Gasteiger partial charge in [-0.1, -0.05) is 0 Å². The first-order valence-corrected chi connectivity index (χ1v) is 10.8. The van der Waals surface area contributed by atoms with Crippen molar-refractivity contribution in [2.75, 3.05) is 13.7 Å². The zero-order valence-corrected chi connectivity index (χ0v) is 18.9. The van der Waals surface area contributed by atoms with Crippen molar-refractivity contribution < 1.29 is 34.4 Å². The smallest absolute Gasteiger partial charge is 0.328 e. The van der Waals surface area contributed by atoms with E-state index in [0.717, 1.165) is 47.4 Å². The minimum atomic E-state index is -1.26. The molecule has 10 heteroatoms. The zero-order valence-electron chi connectivity index (χ0n) is 18.9. The zero-order chi connectivity index (χ0) is 24.7. The summed E-state index contributed by atoms with van der Waals surface area (Å²) in [4.78, 5) is 32.4. The molecule has 1 aliphatic carbocycles. The molecule has 1 aliphatic heterocycles. The van der Waals surface area contributed by atoms with E-state index in [2.05, 4.69) is 16.0 Å². The van der Waals surface area contributed by atoms with Crippen LogP contribution in [-0.4, -0.2) is 68.8 Å². The van der Waals surface area contributed by atoms with E-state index < -0.39 is 11.9 Å². The number of carbonyl (C=O) groups is 2. The Labute approximate surface area is 196 Å². The van der Waals surface area contributed by atoms with Crippen LogP contribution in [0.15, 0.2) is 48.0 Å². The minimum Gasteiger partial charge on any atom is -0.493 e. The average Bonchev–Trinajstić information content (AvgIpc) is 2.83. The molecule has 0 unspecified atom stereocenters. The Morgan fingerprint density at radius 2 is 1.76 bits per heavy atom. The van der Waals surface area contributed by atoms with Gasteiger partial charge in [-0.2, -0.15) is 0 Å². The lowest BCUT2D eigenvalue weighted by molar-refractivity contribution is -0.134. The van der Waals surface area contributed by atoms with Crippen LogP contribution in [0.2, 0.25) is 0 Å². The summed E-state index contributed by atoms with van der Waals surface area (Å²) in [5.41, 5.74) is 3.95. The number of aliphatic hydroxyl groups is 1. The maximum atomic E-state index is 10.2. The molecule has 2 heterocycles. The summed E-state index contributed by atoms with van der Waals surface area (Å²) in [6, 6.07) is 4.21. The topological polar surface area (TPSA) is 151 Å². The molecule has 0 bridgehead atoms. The van der Waals surface area contributed by atoms with Crippen LogP contribution in [0.1, 0.15) is 48.8 Å². The van der Waals surface area contributed by atoms with Crippen molar-refractivity contribution in [1.82, 2.24) is 9.97 Å². The molecular weight excluding hydrogens is 442 g/mol. The lowest BCUT2D eigenvalue weighted by Gasteiger charge is -2.37. The number of carboxylic acid groups (broad SMARTS) is 2. The van der Waals surface area contributed by atoms with Crippen LogP contribution in [-0.2, 0) is 9.59 Å². The summed E-state index contributed by atoms with van der Waals surface area (Å²) in [6.07, 6.45) is 8.31. The molecule has 1 fully saturated rings. The van der Waals surface area contributed by atoms with Crippen molar-refractivity contribution >= 4 is 17.7 Å². The molecule has 10 nitrogen and oxygen atoms in total. The van der Waals surface area contributed by atoms with Crippen molar-refractivity contribution in [3.05, 3.63) is 59.7 Å². The van der Waals surface area contributed by atoms with E-state index in [9.17, 15) is 14.7 Å². The van der Waals surface area contributed by atoms with Crippen molar-refractivity contribution in [2.24, 2.45) is 4.99 Å². The molecule has 3 N–H and O–H groups in total. The fourth-order valence-electron chi connectivity index (χ4n) is 4.17. The van der Waals surface area contributed by atoms with Crippen LogP contribution in [0, 0.1) is 0 Å². The Morgan fingerprint density at radius 1 is 1.09 bits per heavy atom. The first-order chi connectivity index (χ1) is 16.3. The second-order valence-corrected chi connectivity index (χ2v) is 7.78. The van der Waals surface area contributed by atoms with E-state index in [1.54, 1.807) is 19.5 Å². The second-order valence-electron chi connectivity index (χ2n) is 7.78.